The molecule has 0 saturated carbocycles. The molecule has 0 saturated heterocycles. The van der Waals surface area contributed by atoms with Crippen LogP contribution < -0.4 is 0 Å². The van der Waals surface area contributed by atoms with Gasteiger partial charge in [0.05, 0.1) is 12.3 Å². The van der Waals surface area contributed by atoms with Crippen molar-refractivity contribution in [2.45, 2.75) is 6.61 Å². The predicted molar refractivity (Wildman–Crippen MR) is 48.5 cm³/mol. The Bertz CT molecular complexity index is 373. The Morgan fingerprint density at radius 3 is 2.79 bits per heavy atom. The summed E-state index contributed by atoms with van der Waals surface area (Å²) in [5.41, 5.74) is 0.492. The number of aliphatic carboxylic acids is 1. The van der Waals surface area contributed by atoms with Gasteiger partial charge in [-0.2, -0.15) is 0 Å². The van der Waals surface area contributed by atoms with Crippen LogP contribution >= 0.6 is 0 Å². The number of hydrogen-bond donors (Lipinski definition) is 3. The van der Waals surface area contributed by atoms with Crippen LogP contribution in [-0.4, -0.2) is 26.3 Å². The quantitative estimate of drug-likeness (QED) is 0.606. The van der Waals surface area contributed by atoms with Gasteiger partial charge in [0.15, 0.2) is 0 Å². The van der Waals surface area contributed by atoms with Crippen molar-refractivity contribution in [1.29, 1.82) is 0 Å². The Balaban J connectivity index is 3.00. The summed E-state index contributed by atoms with van der Waals surface area (Å²) in [4.78, 5) is 14.0. The second-order valence-electron chi connectivity index (χ2n) is 2.54. The SMILES string of the molecule is O=C(O)/C=C/c1nc(CO)ccc1O. The van der Waals surface area contributed by atoms with Crippen molar-refractivity contribution in [2.24, 2.45) is 0 Å². The van der Waals surface area contributed by atoms with Crippen LogP contribution in [0.2, 0.25) is 0 Å². The van der Waals surface area contributed by atoms with Crippen LogP contribution in [0.3, 0.4) is 0 Å². The monoisotopic (exact) mass is 195 g/mol. The van der Waals surface area contributed by atoms with E-state index in [1.165, 1.54) is 12.1 Å². The van der Waals surface area contributed by atoms with E-state index in [0.29, 0.717) is 5.69 Å². The third-order valence-electron chi connectivity index (χ3n) is 1.51. The average Bonchev–Trinajstić information content (AvgIpc) is 2.16. The van der Waals surface area contributed by atoms with Gasteiger partial charge in [-0.05, 0) is 18.2 Å². The van der Waals surface area contributed by atoms with E-state index < -0.39 is 5.97 Å². The standard InChI is InChI=1S/C9H9NO4/c11-5-6-1-3-8(12)7(10-6)2-4-9(13)14/h1-4,11-12H,5H2,(H,13,14)/b4-2+. The van der Waals surface area contributed by atoms with Crippen molar-refractivity contribution in [3.63, 3.8) is 0 Å². The first-order valence-corrected chi connectivity index (χ1v) is 3.84. The fourth-order valence-electron chi connectivity index (χ4n) is 0.871. The molecule has 3 N–H and O–H groups in total. The number of aliphatic hydroxyl groups is 1. The third-order valence-corrected chi connectivity index (χ3v) is 1.51. The van der Waals surface area contributed by atoms with Crippen molar-refractivity contribution < 1.29 is 20.1 Å². The molecule has 0 spiro atoms. The highest BCUT2D eigenvalue weighted by atomic mass is 16.4. The molecule has 0 radical (unpaired) electrons. The molecule has 5 nitrogen and oxygen atoms in total. The number of carboxylic acid groups (broad SMARTS) is 1. The minimum atomic E-state index is -1.12. The molecule has 14 heavy (non-hydrogen) atoms. The van der Waals surface area contributed by atoms with Crippen molar-refractivity contribution in [3.05, 3.63) is 29.6 Å². The number of aromatic hydroxyl groups is 1. The van der Waals surface area contributed by atoms with Gasteiger partial charge in [0.1, 0.15) is 11.4 Å². The Morgan fingerprint density at radius 1 is 1.50 bits per heavy atom. The van der Waals surface area contributed by atoms with Crippen molar-refractivity contribution in [1.82, 2.24) is 4.98 Å². The van der Waals surface area contributed by atoms with Crippen molar-refractivity contribution >= 4 is 12.0 Å². The van der Waals surface area contributed by atoms with Crippen LogP contribution in [0.5, 0.6) is 5.75 Å². The summed E-state index contributed by atoms with van der Waals surface area (Å²) in [6, 6.07) is 2.80. The van der Waals surface area contributed by atoms with Crippen LogP contribution in [0.4, 0.5) is 0 Å². The molecular formula is C9H9NO4. The molecule has 0 aliphatic carbocycles. The van der Waals surface area contributed by atoms with Crippen molar-refractivity contribution in [2.75, 3.05) is 0 Å². The minimum Gasteiger partial charge on any atom is -0.506 e. The first-order valence-electron chi connectivity index (χ1n) is 3.84. The summed E-state index contributed by atoms with van der Waals surface area (Å²) in [5.74, 6) is -1.25. The summed E-state index contributed by atoms with van der Waals surface area (Å²) >= 11 is 0. The Kier molecular flexibility index (Phi) is 3.19. The molecule has 0 aliphatic rings. The minimum absolute atomic E-state index is 0.124. The molecule has 1 aromatic heterocycles. The summed E-state index contributed by atoms with van der Waals surface area (Å²) in [5, 5.41) is 26.3. The summed E-state index contributed by atoms with van der Waals surface area (Å²) in [7, 11) is 0. The van der Waals surface area contributed by atoms with E-state index in [-0.39, 0.29) is 18.1 Å². The Hall–Kier alpha value is -1.88. The fraction of sp³-hybridized carbons (Fsp3) is 0.111. The lowest BCUT2D eigenvalue weighted by Gasteiger charge is -2.00. The zero-order valence-electron chi connectivity index (χ0n) is 7.21. The molecule has 0 amide bonds. The first kappa shape index (κ1) is 10.2. The topological polar surface area (TPSA) is 90.7 Å². The number of carboxylic acids is 1. The van der Waals surface area contributed by atoms with E-state index in [9.17, 15) is 9.90 Å². The normalized spacial score (nSPS) is 10.6. The molecule has 5 heteroatoms. The maximum atomic E-state index is 10.2. The number of pyridine rings is 1. The smallest absolute Gasteiger partial charge is 0.328 e. The predicted octanol–water partition coefficient (Wildman–Crippen LogP) is 0.377. The van der Waals surface area contributed by atoms with Crippen LogP contribution in [0, 0.1) is 0 Å². The van der Waals surface area contributed by atoms with Crippen LogP contribution in [0.1, 0.15) is 11.4 Å². The molecule has 0 aromatic carbocycles. The molecule has 0 unspecified atom stereocenters. The van der Waals surface area contributed by atoms with Gasteiger partial charge >= 0.3 is 5.97 Å². The molecule has 0 bridgehead atoms. The lowest BCUT2D eigenvalue weighted by atomic mass is 10.2. The maximum absolute atomic E-state index is 10.2. The van der Waals surface area contributed by atoms with Gasteiger partial charge < -0.3 is 15.3 Å². The lowest BCUT2D eigenvalue weighted by molar-refractivity contribution is -0.131. The number of aliphatic hydroxyl groups excluding tert-OH is 1. The zero-order chi connectivity index (χ0) is 10.6. The molecule has 1 aromatic rings. The van der Waals surface area contributed by atoms with E-state index in [1.807, 2.05) is 0 Å². The zero-order valence-corrected chi connectivity index (χ0v) is 7.21. The largest absolute Gasteiger partial charge is 0.506 e. The molecule has 74 valence electrons. The van der Waals surface area contributed by atoms with Crippen LogP contribution in [-0.2, 0) is 11.4 Å². The third kappa shape index (κ3) is 2.56. The number of nitrogens with zero attached hydrogens (tertiary/aromatic N) is 1. The van der Waals surface area contributed by atoms with Gasteiger partial charge in [-0.1, -0.05) is 0 Å². The highest BCUT2D eigenvalue weighted by molar-refractivity contribution is 5.85. The molecule has 0 fully saturated rings. The van der Waals surface area contributed by atoms with Gasteiger partial charge in [0.2, 0.25) is 0 Å². The van der Waals surface area contributed by atoms with Gasteiger partial charge in [0, 0.05) is 6.08 Å². The number of rotatable bonds is 3. The van der Waals surface area contributed by atoms with E-state index in [2.05, 4.69) is 4.98 Å². The number of hydrogen-bond acceptors (Lipinski definition) is 4. The summed E-state index contributed by atoms with van der Waals surface area (Å²) in [6.45, 7) is -0.256. The fourth-order valence-corrected chi connectivity index (χ4v) is 0.871. The first-order chi connectivity index (χ1) is 6.63. The lowest BCUT2D eigenvalue weighted by Crippen LogP contribution is -1.92. The molecule has 1 rings (SSSR count). The second kappa shape index (κ2) is 4.38. The molecule has 0 aliphatic heterocycles. The van der Waals surface area contributed by atoms with Gasteiger partial charge in [0.25, 0.3) is 0 Å². The van der Waals surface area contributed by atoms with Gasteiger partial charge in [-0.3, -0.25) is 0 Å². The summed E-state index contributed by atoms with van der Waals surface area (Å²) < 4.78 is 0. The molecular weight excluding hydrogens is 186 g/mol. The average molecular weight is 195 g/mol. The van der Waals surface area contributed by atoms with E-state index in [4.69, 9.17) is 10.2 Å². The second-order valence-corrected chi connectivity index (χ2v) is 2.54. The van der Waals surface area contributed by atoms with Crippen LogP contribution in [0.25, 0.3) is 6.08 Å². The van der Waals surface area contributed by atoms with E-state index >= 15 is 0 Å². The van der Waals surface area contributed by atoms with E-state index in [0.717, 1.165) is 12.2 Å². The number of carbonyl (C=O) groups is 1. The maximum Gasteiger partial charge on any atom is 0.328 e. The summed E-state index contributed by atoms with van der Waals surface area (Å²) in [6.07, 6.45) is 2.03. The van der Waals surface area contributed by atoms with Gasteiger partial charge in [-0.25, -0.2) is 9.78 Å². The highest BCUT2D eigenvalue weighted by Gasteiger charge is 2.01. The number of aromatic nitrogens is 1. The highest BCUT2D eigenvalue weighted by Crippen LogP contribution is 2.16. The van der Waals surface area contributed by atoms with Crippen LogP contribution in [0.15, 0.2) is 18.2 Å². The van der Waals surface area contributed by atoms with Crippen molar-refractivity contribution in [3.8, 4) is 5.75 Å². The van der Waals surface area contributed by atoms with E-state index in [1.54, 1.807) is 0 Å². The molecule has 0 atom stereocenters. The Labute approximate surface area is 80.0 Å². The van der Waals surface area contributed by atoms with Gasteiger partial charge in [-0.15, -0.1) is 0 Å². The Morgan fingerprint density at radius 2 is 2.21 bits per heavy atom. The molecule has 1 heterocycles.